The predicted octanol–water partition coefficient (Wildman–Crippen LogP) is 3.38. The van der Waals surface area contributed by atoms with Gasteiger partial charge in [0.25, 0.3) is 0 Å². The number of methoxy groups -OCH3 is 1. The first-order valence-electron chi connectivity index (χ1n) is 13.0. The fraction of sp³-hybridized carbons (Fsp3) is 0.593. The summed E-state index contributed by atoms with van der Waals surface area (Å²) in [4.78, 5) is 41.5. The Morgan fingerprint density at radius 1 is 1.32 bits per heavy atom. The van der Waals surface area contributed by atoms with Crippen molar-refractivity contribution in [1.82, 2.24) is 15.1 Å². The zero-order chi connectivity index (χ0) is 27.1. The number of cyclic esters (lactones) is 1. The minimum absolute atomic E-state index is 0.131. The monoisotopic (exact) mass is 516 g/mol. The molecule has 0 saturated carbocycles. The molecule has 0 spiro atoms. The van der Waals surface area contributed by atoms with E-state index in [-0.39, 0.29) is 12.6 Å². The molecule has 10 nitrogen and oxygen atoms in total. The molecule has 204 valence electrons. The molecule has 0 aromatic heterocycles. The number of nitrogens with one attached hydrogen (secondary N) is 2. The maximum absolute atomic E-state index is 13.0. The average molecular weight is 517 g/mol. The van der Waals surface area contributed by atoms with Gasteiger partial charge in [0.2, 0.25) is 0 Å². The smallest absolute Gasteiger partial charge is 0.341 e. The number of hydrogen-bond donors (Lipinski definition) is 3. The first-order chi connectivity index (χ1) is 17.7. The van der Waals surface area contributed by atoms with E-state index < -0.39 is 17.9 Å². The number of carboxylic acid groups (broad SMARTS) is 1. The third kappa shape index (κ3) is 6.61. The number of rotatable bonds is 12. The number of anilines is 1. The van der Waals surface area contributed by atoms with Gasteiger partial charge in [0, 0.05) is 50.5 Å². The molecule has 1 unspecified atom stereocenters. The van der Waals surface area contributed by atoms with E-state index in [9.17, 15) is 19.5 Å². The highest BCUT2D eigenvalue weighted by Gasteiger charge is 2.33. The molecule has 0 radical (unpaired) electrons. The summed E-state index contributed by atoms with van der Waals surface area (Å²) in [6.07, 6.45) is 3.32. The number of carbonyl (C=O) groups excluding carboxylic acids is 2. The van der Waals surface area contributed by atoms with Gasteiger partial charge in [-0.2, -0.15) is 0 Å². The number of carboxylic acids is 1. The number of hydrogen-bond acceptors (Lipinski definition) is 7. The highest BCUT2D eigenvalue weighted by atomic mass is 16.5. The van der Waals surface area contributed by atoms with Crippen LogP contribution in [-0.4, -0.2) is 79.4 Å². The van der Waals surface area contributed by atoms with Crippen LogP contribution in [0.15, 0.2) is 11.6 Å². The number of fused-ring (bicyclic) bond motifs is 1. The van der Waals surface area contributed by atoms with Crippen LogP contribution in [0, 0.1) is 12.8 Å². The Morgan fingerprint density at radius 2 is 2.05 bits per heavy atom. The summed E-state index contributed by atoms with van der Waals surface area (Å²) in [5.74, 6) is -1.18. The number of esters is 1. The summed E-state index contributed by atoms with van der Waals surface area (Å²) in [5, 5.41) is 16.0. The Balaban J connectivity index is 1.89. The van der Waals surface area contributed by atoms with Gasteiger partial charge >= 0.3 is 18.0 Å². The summed E-state index contributed by atoms with van der Waals surface area (Å²) in [6, 6.07) is -0.304. The highest BCUT2D eigenvalue weighted by Crippen LogP contribution is 2.41. The van der Waals surface area contributed by atoms with Crippen LogP contribution >= 0.6 is 0 Å². The lowest BCUT2D eigenvalue weighted by atomic mass is 9.92. The normalized spacial score (nSPS) is 16.4. The molecule has 0 bridgehead atoms. The van der Waals surface area contributed by atoms with E-state index in [0.29, 0.717) is 60.5 Å². The number of carbonyl (C=O) groups is 3. The van der Waals surface area contributed by atoms with Crippen LogP contribution < -0.4 is 15.4 Å². The van der Waals surface area contributed by atoms with E-state index in [0.717, 1.165) is 37.4 Å². The third-order valence-corrected chi connectivity index (χ3v) is 7.27. The molecule has 1 atom stereocenters. The lowest BCUT2D eigenvalue weighted by Gasteiger charge is -2.23. The predicted molar refractivity (Wildman–Crippen MR) is 141 cm³/mol. The van der Waals surface area contributed by atoms with Gasteiger partial charge in [-0.05, 0) is 52.5 Å². The van der Waals surface area contributed by atoms with Crippen LogP contribution in [-0.2, 0) is 22.6 Å². The lowest BCUT2D eigenvalue weighted by molar-refractivity contribution is -0.142. The van der Waals surface area contributed by atoms with Gasteiger partial charge in [0.1, 0.15) is 12.4 Å². The number of nitrogens with zero attached hydrogens (tertiary/aromatic N) is 2. The molecule has 1 aromatic rings. The minimum Gasteiger partial charge on any atom is -0.496 e. The Labute approximate surface area is 219 Å². The Hall–Kier alpha value is -3.11. The molecule has 2 aliphatic heterocycles. The first kappa shape index (κ1) is 28.5. The zero-order valence-corrected chi connectivity index (χ0v) is 22.6. The molecule has 0 aliphatic carbocycles. The van der Waals surface area contributed by atoms with Gasteiger partial charge in [-0.3, -0.25) is 9.69 Å². The van der Waals surface area contributed by atoms with Crippen molar-refractivity contribution in [1.29, 1.82) is 0 Å². The van der Waals surface area contributed by atoms with Gasteiger partial charge in [-0.25, -0.2) is 9.59 Å². The molecule has 3 rings (SSSR count). The number of benzene rings is 1. The van der Waals surface area contributed by atoms with Gasteiger partial charge in [0.15, 0.2) is 0 Å². The summed E-state index contributed by atoms with van der Waals surface area (Å²) in [6.45, 7) is 12.2. The second kappa shape index (κ2) is 12.9. The van der Waals surface area contributed by atoms with Crippen molar-refractivity contribution in [3.8, 4) is 5.75 Å². The molecule has 1 fully saturated rings. The fourth-order valence-electron chi connectivity index (χ4n) is 5.03. The Morgan fingerprint density at radius 3 is 2.65 bits per heavy atom. The number of urea groups is 1. The average Bonchev–Trinajstić information content (AvgIpc) is 3.53. The second-order valence-corrected chi connectivity index (χ2v) is 9.60. The minimum atomic E-state index is -0.805. The zero-order valence-electron chi connectivity index (χ0n) is 22.6. The molecular formula is C27H40N4O6. The van der Waals surface area contributed by atoms with E-state index in [4.69, 9.17) is 9.47 Å². The number of aliphatic carboxylic acids is 1. The summed E-state index contributed by atoms with van der Waals surface area (Å²) in [5.41, 5.74) is 3.87. The van der Waals surface area contributed by atoms with Crippen LogP contribution in [0.5, 0.6) is 5.75 Å². The molecule has 1 aromatic carbocycles. The van der Waals surface area contributed by atoms with Crippen LogP contribution in [0.2, 0.25) is 0 Å². The molecule has 1 saturated heterocycles. The second-order valence-electron chi connectivity index (χ2n) is 9.60. The fourth-order valence-corrected chi connectivity index (χ4v) is 5.03. The largest absolute Gasteiger partial charge is 0.496 e. The number of allylic oxidation sites excluding steroid dienone is 2. The highest BCUT2D eigenvalue weighted by molar-refractivity contribution is 6.05. The van der Waals surface area contributed by atoms with Crippen molar-refractivity contribution in [2.24, 2.45) is 5.92 Å². The molecule has 2 amide bonds. The van der Waals surface area contributed by atoms with Gasteiger partial charge in [-0.15, -0.1) is 0 Å². The van der Waals surface area contributed by atoms with E-state index in [1.54, 1.807) is 12.0 Å². The van der Waals surface area contributed by atoms with Crippen LogP contribution in [0.3, 0.4) is 0 Å². The van der Waals surface area contributed by atoms with Crippen molar-refractivity contribution in [2.45, 2.75) is 53.6 Å². The summed E-state index contributed by atoms with van der Waals surface area (Å²) in [7, 11) is 1.57. The van der Waals surface area contributed by atoms with Crippen molar-refractivity contribution in [3.05, 3.63) is 33.9 Å². The molecule has 3 N–H and O–H groups in total. The van der Waals surface area contributed by atoms with E-state index >= 15 is 0 Å². The van der Waals surface area contributed by atoms with Crippen LogP contribution in [0.1, 0.15) is 60.7 Å². The maximum atomic E-state index is 13.0. The first-order valence-corrected chi connectivity index (χ1v) is 13.0. The van der Waals surface area contributed by atoms with Crippen molar-refractivity contribution in [2.75, 3.05) is 51.8 Å². The third-order valence-electron chi connectivity index (χ3n) is 7.27. The molecule has 2 aliphatic rings. The van der Waals surface area contributed by atoms with Crippen LogP contribution in [0.25, 0.3) is 0 Å². The van der Waals surface area contributed by atoms with Gasteiger partial charge in [0.05, 0.1) is 24.3 Å². The Kier molecular flexibility index (Phi) is 9.93. The molecule has 2 heterocycles. The summed E-state index contributed by atoms with van der Waals surface area (Å²) >= 11 is 0. The summed E-state index contributed by atoms with van der Waals surface area (Å²) < 4.78 is 11.1. The van der Waals surface area contributed by atoms with E-state index in [2.05, 4.69) is 15.5 Å². The SMILES string of the molecule is CCN(CC)C(=O)Nc1c(C/C=C(\C)CC(CCN2CCNC2)C(=O)O)c(OC)c(C)c2c1C(=O)OC2. The van der Waals surface area contributed by atoms with E-state index in [1.807, 2.05) is 33.8 Å². The van der Waals surface area contributed by atoms with Crippen molar-refractivity contribution >= 4 is 23.7 Å². The molecule has 10 heteroatoms. The Bertz CT molecular complexity index is 1040. The topological polar surface area (TPSA) is 120 Å². The van der Waals surface area contributed by atoms with Crippen molar-refractivity contribution < 1.29 is 29.0 Å². The quantitative estimate of drug-likeness (QED) is 0.286. The van der Waals surface area contributed by atoms with Gasteiger partial charge < -0.3 is 30.1 Å². The molecular weight excluding hydrogens is 476 g/mol. The number of ether oxygens (including phenoxy) is 2. The van der Waals surface area contributed by atoms with Crippen molar-refractivity contribution in [3.63, 3.8) is 0 Å². The standard InChI is InChI=1S/C27H40N4O6/c1-6-31(7-2)27(35)29-23-20(24(36-5)18(4)21-15-37-26(34)22(21)23)9-8-17(3)14-19(25(32)33)10-12-30-13-11-28-16-30/h8,19,28H,6-7,9-16H2,1-5H3,(H,29,35)(H,32,33)/b17-8+. The maximum Gasteiger partial charge on any atom is 0.341 e. The van der Waals surface area contributed by atoms with E-state index in [1.165, 1.54) is 0 Å². The molecule has 37 heavy (non-hydrogen) atoms. The lowest BCUT2D eigenvalue weighted by Crippen LogP contribution is -2.35. The van der Waals surface area contributed by atoms with Gasteiger partial charge in [-0.1, -0.05) is 11.6 Å². The number of amides is 2. The van der Waals surface area contributed by atoms with Crippen LogP contribution in [0.4, 0.5) is 10.5 Å².